The number of amides is 1. The maximum atomic E-state index is 11.3. The van der Waals surface area contributed by atoms with Crippen LogP contribution in [0.3, 0.4) is 0 Å². The van der Waals surface area contributed by atoms with E-state index in [9.17, 15) is 4.79 Å². The summed E-state index contributed by atoms with van der Waals surface area (Å²) in [5.74, 6) is 0.106. The maximum absolute atomic E-state index is 11.3. The molecule has 0 aromatic heterocycles. The number of nitrogens with one attached hydrogen (secondary N) is 1. The lowest BCUT2D eigenvalue weighted by atomic mass is 10.1. The molecule has 0 aliphatic carbocycles. The van der Waals surface area contributed by atoms with Crippen molar-refractivity contribution in [3.05, 3.63) is 0 Å². The van der Waals surface area contributed by atoms with Crippen molar-refractivity contribution in [3.8, 4) is 0 Å². The molecule has 0 saturated heterocycles. The van der Waals surface area contributed by atoms with Crippen molar-refractivity contribution in [2.24, 2.45) is 5.92 Å². The van der Waals surface area contributed by atoms with Gasteiger partial charge >= 0.3 is 0 Å². The highest BCUT2D eigenvalue weighted by Gasteiger charge is 2.14. The lowest BCUT2D eigenvalue weighted by molar-refractivity contribution is -0.124. The summed E-state index contributed by atoms with van der Waals surface area (Å²) in [6, 6.07) is -0.00170. The van der Waals surface area contributed by atoms with E-state index in [1.54, 1.807) is 13.8 Å². The van der Waals surface area contributed by atoms with Crippen molar-refractivity contribution in [1.82, 2.24) is 5.32 Å². The summed E-state index contributed by atoms with van der Waals surface area (Å²) in [7, 11) is 0. The van der Waals surface area contributed by atoms with E-state index in [1.165, 1.54) is 0 Å². The number of alkyl halides is 1. The molecule has 0 radical (unpaired) electrons. The predicted molar refractivity (Wildman–Crippen MR) is 53.8 cm³/mol. The van der Waals surface area contributed by atoms with Gasteiger partial charge in [-0.15, -0.1) is 11.6 Å². The highest BCUT2D eigenvalue weighted by molar-refractivity contribution is 6.19. The third-order valence-electron chi connectivity index (χ3n) is 1.76. The number of halogens is 1. The quantitative estimate of drug-likeness (QED) is 0.665. The van der Waals surface area contributed by atoms with Gasteiger partial charge in [-0.1, -0.05) is 6.92 Å². The fourth-order valence-electron chi connectivity index (χ4n) is 1.03. The molecule has 3 atom stereocenters. The molecular formula is C9H18ClNO2. The van der Waals surface area contributed by atoms with Crippen LogP contribution in [0.5, 0.6) is 0 Å². The SMILES string of the molecule is CC(O)CC(C)NC(=O)C(C)CCl. The van der Waals surface area contributed by atoms with Crippen LogP contribution in [-0.2, 0) is 4.79 Å². The second-order valence-corrected chi connectivity index (χ2v) is 3.86. The Morgan fingerprint density at radius 1 is 1.46 bits per heavy atom. The maximum Gasteiger partial charge on any atom is 0.224 e. The molecule has 0 rings (SSSR count). The van der Waals surface area contributed by atoms with Gasteiger partial charge in [0.15, 0.2) is 0 Å². The Hall–Kier alpha value is -0.280. The number of hydrogen-bond acceptors (Lipinski definition) is 2. The van der Waals surface area contributed by atoms with E-state index in [0.717, 1.165) is 0 Å². The Morgan fingerprint density at radius 2 is 2.00 bits per heavy atom. The first-order chi connectivity index (χ1) is 5.97. The van der Waals surface area contributed by atoms with Crippen molar-refractivity contribution < 1.29 is 9.90 Å². The third-order valence-corrected chi connectivity index (χ3v) is 2.23. The van der Waals surface area contributed by atoms with Crippen molar-refractivity contribution in [1.29, 1.82) is 0 Å². The van der Waals surface area contributed by atoms with Crippen LogP contribution < -0.4 is 5.32 Å². The third kappa shape index (κ3) is 5.88. The molecule has 0 bridgehead atoms. The van der Waals surface area contributed by atoms with E-state index in [2.05, 4.69) is 5.32 Å². The first kappa shape index (κ1) is 12.7. The van der Waals surface area contributed by atoms with Crippen LogP contribution in [0, 0.1) is 5.92 Å². The molecular weight excluding hydrogens is 190 g/mol. The standard InChI is InChI=1S/C9H18ClNO2/c1-6(5-10)9(13)11-7(2)4-8(3)12/h6-8,12H,4-5H2,1-3H3,(H,11,13). The average molecular weight is 208 g/mol. The monoisotopic (exact) mass is 207 g/mol. The van der Waals surface area contributed by atoms with Crippen molar-refractivity contribution in [3.63, 3.8) is 0 Å². The summed E-state index contributed by atoms with van der Waals surface area (Å²) in [5.41, 5.74) is 0. The Balaban J connectivity index is 3.77. The fraction of sp³-hybridized carbons (Fsp3) is 0.889. The summed E-state index contributed by atoms with van der Waals surface area (Å²) in [6.07, 6.45) is 0.183. The predicted octanol–water partition coefficient (Wildman–Crippen LogP) is 1.14. The van der Waals surface area contributed by atoms with Gasteiger partial charge in [-0.3, -0.25) is 4.79 Å². The van der Waals surface area contributed by atoms with Crippen LogP contribution in [0.2, 0.25) is 0 Å². The summed E-state index contributed by atoms with van der Waals surface area (Å²) < 4.78 is 0. The molecule has 3 unspecified atom stereocenters. The summed E-state index contributed by atoms with van der Waals surface area (Å²) in [5, 5.41) is 11.8. The second kappa shape index (κ2) is 6.22. The molecule has 0 aliphatic heterocycles. The minimum absolute atomic E-state index is 0.00170. The smallest absolute Gasteiger partial charge is 0.224 e. The van der Waals surface area contributed by atoms with Gasteiger partial charge in [0.25, 0.3) is 0 Å². The molecule has 0 spiro atoms. The van der Waals surface area contributed by atoms with Gasteiger partial charge < -0.3 is 10.4 Å². The van der Waals surface area contributed by atoms with Crippen LogP contribution in [0.1, 0.15) is 27.2 Å². The Morgan fingerprint density at radius 3 is 2.38 bits per heavy atom. The minimum Gasteiger partial charge on any atom is -0.393 e. The zero-order chi connectivity index (χ0) is 10.4. The Bertz CT molecular complexity index is 162. The van der Waals surface area contributed by atoms with Crippen LogP contribution in [0.15, 0.2) is 0 Å². The second-order valence-electron chi connectivity index (χ2n) is 3.55. The number of hydrogen-bond donors (Lipinski definition) is 2. The summed E-state index contributed by atoms with van der Waals surface area (Å²) in [6.45, 7) is 5.34. The molecule has 0 aromatic carbocycles. The normalized spacial score (nSPS) is 17.6. The van der Waals surface area contributed by atoms with Crippen molar-refractivity contribution in [2.45, 2.75) is 39.3 Å². The van der Waals surface area contributed by atoms with Crippen LogP contribution >= 0.6 is 11.6 Å². The van der Waals surface area contributed by atoms with E-state index in [0.29, 0.717) is 12.3 Å². The van der Waals surface area contributed by atoms with Gasteiger partial charge in [-0.2, -0.15) is 0 Å². The molecule has 0 fully saturated rings. The summed E-state index contributed by atoms with van der Waals surface area (Å²) >= 11 is 5.53. The van der Waals surface area contributed by atoms with Gasteiger partial charge in [0.05, 0.1) is 6.10 Å². The molecule has 0 aromatic rings. The van der Waals surface area contributed by atoms with Gasteiger partial charge in [0, 0.05) is 17.8 Å². The van der Waals surface area contributed by atoms with E-state index >= 15 is 0 Å². The molecule has 0 aliphatic rings. The first-order valence-electron chi connectivity index (χ1n) is 4.51. The Labute approximate surface area is 84.5 Å². The zero-order valence-electron chi connectivity index (χ0n) is 8.38. The average Bonchev–Trinajstić information content (AvgIpc) is 2.01. The van der Waals surface area contributed by atoms with Crippen LogP contribution in [0.25, 0.3) is 0 Å². The molecule has 0 saturated carbocycles. The molecule has 4 heteroatoms. The zero-order valence-corrected chi connectivity index (χ0v) is 9.14. The first-order valence-corrected chi connectivity index (χ1v) is 5.05. The topological polar surface area (TPSA) is 49.3 Å². The van der Waals surface area contributed by atoms with Crippen molar-refractivity contribution in [2.75, 3.05) is 5.88 Å². The van der Waals surface area contributed by atoms with Crippen LogP contribution in [0.4, 0.5) is 0 Å². The molecule has 0 heterocycles. The number of carbonyl (C=O) groups is 1. The number of carbonyl (C=O) groups excluding carboxylic acids is 1. The number of aliphatic hydroxyl groups excluding tert-OH is 1. The number of rotatable bonds is 5. The van der Waals surface area contributed by atoms with Gasteiger partial charge in [0.2, 0.25) is 5.91 Å². The van der Waals surface area contributed by atoms with Gasteiger partial charge in [0.1, 0.15) is 0 Å². The van der Waals surface area contributed by atoms with Crippen molar-refractivity contribution >= 4 is 17.5 Å². The van der Waals surface area contributed by atoms with E-state index in [4.69, 9.17) is 16.7 Å². The highest BCUT2D eigenvalue weighted by Crippen LogP contribution is 2.01. The largest absolute Gasteiger partial charge is 0.393 e. The lowest BCUT2D eigenvalue weighted by Crippen LogP contribution is -2.38. The van der Waals surface area contributed by atoms with Crippen LogP contribution in [-0.4, -0.2) is 29.0 Å². The van der Waals surface area contributed by atoms with E-state index < -0.39 is 0 Å². The number of aliphatic hydroxyl groups is 1. The van der Waals surface area contributed by atoms with E-state index in [-0.39, 0.29) is 24.0 Å². The molecule has 13 heavy (non-hydrogen) atoms. The minimum atomic E-state index is -0.387. The molecule has 2 N–H and O–H groups in total. The Kier molecular flexibility index (Phi) is 6.08. The molecule has 78 valence electrons. The van der Waals surface area contributed by atoms with E-state index in [1.807, 2.05) is 6.92 Å². The van der Waals surface area contributed by atoms with Gasteiger partial charge in [-0.05, 0) is 20.3 Å². The highest BCUT2D eigenvalue weighted by atomic mass is 35.5. The molecule has 1 amide bonds. The fourth-order valence-corrected chi connectivity index (χ4v) is 1.17. The summed E-state index contributed by atoms with van der Waals surface area (Å²) in [4.78, 5) is 11.3. The molecule has 3 nitrogen and oxygen atoms in total. The lowest BCUT2D eigenvalue weighted by Gasteiger charge is -2.17. The van der Waals surface area contributed by atoms with Gasteiger partial charge in [-0.25, -0.2) is 0 Å².